The predicted molar refractivity (Wildman–Crippen MR) is 66.4 cm³/mol. The molecule has 1 aromatic carbocycles. The van der Waals surface area contributed by atoms with Gasteiger partial charge in [-0.25, -0.2) is 4.68 Å². The van der Waals surface area contributed by atoms with Crippen LogP contribution in [-0.2, 0) is 4.79 Å². The van der Waals surface area contributed by atoms with Crippen molar-refractivity contribution in [3.63, 3.8) is 0 Å². The maximum absolute atomic E-state index is 12.3. The van der Waals surface area contributed by atoms with Crippen LogP contribution in [0.15, 0.2) is 42.0 Å². The van der Waals surface area contributed by atoms with E-state index in [-0.39, 0.29) is 5.91 Å². The van der Waals surface area contributed by atoms with Gasteiger partial charge in [0, 0.05) is 12.1 Å². The summed E-state index contributed by atoms with van der Waals surface area (Å²) in [5, 5.41) is 11.6. The van der Waals surface area contributed by atoms with E-state index in [1.165, 1.54) is 17.3 Å². The van der Waals surface area contributed by atoms with Gasteiger partial charge in [0.05, 0.1) is 5.69 Å². The molecule has 6 heteroatoms. The van der Waals surface area contributed by atoms with Crippen LogP contribution in [-0.4, -0.2) is 33.0 Å². The van der Waals surface area contributed by atoms with Crippen molar-refractivity contribution < 1.29 is 4.79 Å². The molecule has 6 nitrogen and oxygen atoms in total. The van der Waals surface area contributed by atoms with Gasteiger partial charge in [0.25, 0.3) is 5.91 Å². The fourth-order valence-corrected chi connectivity index (χ4v) is 2.03. The standard InChI is InChI=1S/C12H11N5O/c1-2-17-10-6-4-3-5-9(10)11(12(17)18)15-16-7-13-14-8-16/h3-8H,2H2,1H3. The Balaban J connectivity index is 2.14. The number of anilines is 1. The molecule has 3 rings (SSSR count). The zero-order valence-electron chi connectivity index (χ0n) is 9.82. The van der Waals surface area contributed by atoms with E-state index in [0.29, 0.717) is 12.3 Å². The Hall–Kier alpha value is -2.50. The summed E-state index contributed by atoms with van der Waals surface area (Å²) in [6, 6.07) is 7.63. The van der Waals surface area contributed by atoms with Crippen LogP contribution < -0.4 is 4.90 Å². The number of carbonyl (C=O) groups is 1. The Labute approximate surface area is 104 Å². The van der Waals surface area contributed by atoms with Crippen molar-refractivity contribution in [2.45, 2.75) is 6.92 Å². The lowest BCUT2D eigenvalue weighted by Crippen LogP contribution is -2.30. The average molecular weight is 241 g/mol. The highest BCUT2D eigenvalue weighted by atomic mass is 16.2. The highest BCUT2D eigenvalue weighted by Gasteiger charge is 2.32. The van der Waals surface area contributed by atoms with Gasteiger partial charge in [-0.1, -0.05) is 18.2 Å². The highest BCUT2D eigenvalue weighted by molar-refractivity contribution is 6.54. The summed E-state index contributed by atoms with van der Waals surface area (Å²) in [5.74, 6) is -0.0904. The lowest BCUT2D eigenvalue weighted by atomic mass is 10.1. The number of para-hydroxylation sites is 1. The van der Waals surface area contributed by atoms with Crippen molar-refractivity contribution in [2.24, 2.45) is 5.10 Å². The summed E-state index contributed by atoms with van der Waals surface area (Å²) in [6.07, 6.45) is 2.91. The Morgan fingerprint density at radius 2 is 1.94 bits per heavy atom. The van der Waals surface area contributed by atoms with Crippen LogP contribution >= 0.6 is 0 Å². The van der Waals surface area contributed by atoms with Crippen molar-refractivity contribution in [3.05, 3.63) is 42.5 Å². The second kappa shape index (κ2) is 4.06. The van der Waals surface area contributed by atoms with E-state index in [4.69, 9.17) is 0 Å². The van der Waals surface area contributed by atoms with E-state index in [9.17, 15) is 4.79 Å². The predicted octanol–water partition coefficient (Wildman–Crippen LogP) is 0.897. The largest absolute Gasteiger partial charge is 0.307 e. The molecule has 0 fully saturated rings. The molecular weight excluding hydrogens is 230 g/mol. The molecule has 18 heavy (non-hydrogen) atoms. The number of amides is 1. The zero-order chi connectivity index (χ0) is 12.5. The van der Waals surface area contributed by atoms with Gasteiger partial charge in [-0.2, -0.15) is 5.10 Å². The first-order valence-corrected chi connectivity index (χ1v) is 5.66. The molecule has 0 unspecified atom stereocenters. The van der Waals surface area contributed by atoms with Gasteiger partial charge in [0.2, 0.25) is 0 Å². The molecule has 1 amide bonds. The average Bonchev–Trinajstić information content (AvgIpc) is 2.98. The molecule has 1 aliphatic rings. The number of benzene rings is 1. The summed E-state index contributed by atoms with van der Waals surface area (Å²) < 4.78 is 1.43. The Morgan fingerprint density at radius 3 is 2.67 bits per heavy atom. The maximum Gasteiger partial charge on any atom is 0.279 e. The lowest BCUT2D eigenvalue weighted by molar-refractivity contribution is -0.112. The molecule has 0 spiro atoms. The molecule has 0 aliphatic carbocycles. The second-order valence-electron chi connectivity index (χ2n) is 3.86. The topological polar surface area (TPSA) is 63.4 Å². The Morgan fingerprint density at radius 1 is 1.22 bits per heavy atom. The minimum Gasteiger partial charge on any atom is -0.307 e. The zero-order valence-corrected chi connectivity index (χ0v) is 9.82. The molecule has 0 saturated heterocycles. The number of rotatable bonds is 2. The van der Waals surface area contributed by atoms with E-state index in [1.54, 1.807) is 4.90 Å². The normalized spacial score (nSPS) is 16.4. The van der Waals surface area contributed by atoms with Crippen LogP contribution in [0.3, 0.4) is 0 Å². The van der Waals surface area contributed by atoms with Crippen molar-refractivity contribution >= 4 is 17.3 Å². The molecule has 0 atom stereocenters. The fraction of sp³-hybridized carbons (Fsp3) is 0.167. The van der Waals surface area contributed by atoms with Gasteiger partial charge >= 0.3 is 0 Å². The molecule has 2 heterocycles. The SMILES string of the molecule is CCN1C(=O)C(=Nn2cnnc2)c2ccccc21. The summed E-state index contributed by atoms with van der Waals surface area (Å²) >= 11 is 0. The maximum atomic E-state index is 12.3. The van der Waals surface area contributed by atoms with E-state index >= 15 is 0 Å². The summed E-state index contributed by atoms with van der Waals surface area (Å²) in [6.45, 7) is 2.56. The van der Waals surface area contributed by atoms with Crippen molar-refractivity contribution in [3.8, 4) is 0 Å². The van der Waals surface area contributed by atoms with Gasteiger partial charge in [0.15, 0.2) is 5.71 Å². The number of nitrogens with zero attached hydrogens (tertiary/aromatic N) is 5. The number of carbonyl (C=O) groups excluding carboxylic acids is 1. The fourth-order valence-electron chi connectivity index (χ4n) is 2.03. The number of hydrogen-bond acceptors (Lipinski definition) is 4. The Kier molecular flexibility index (Phi) is 2.40. The van der Waals surface area contributed by atoms with Gasteiger partial charge in [0.1, 0.15) is 12.7 Å². The third kappa shape index (κ3) is 1.50. The van der Waals surface area contributed by atoms with Crippen LogP contribution in [0.2, 0.25) is 0 Å². The van der Waals surface area contributed by atoms with Gasteiger partial charge in [-0.05, 0) is 13.0 Å². The molecule has 1 aliphatic heterocycles. The second-order valence-corrected chi connectivity index (χ2v) is 3.86. The number of fused-ring (bicyclic) bond motifs is 1. The first-order valence-electron chi connectivity index (χ1n) is 5.66. The molecular formula is C12H11N5O. The van der Waals surface area contributed by atoms with E-state index in [0.717, 1.165) is 11.3 Å². The molecule has 0 bridgehead atoms. The van der Waals surface area contributed by atoms with Crippen LogP contribution in [0, 0.1) is 0 Å². The smallest absolute Gasteiger partial charge is 0.279 e. The molecule has 1 aromatic heterocycles. The number of likely N-dealkylation sites (N-methyl/N-ethyl adjacent to an activating group) is 1. The third-order valence-corrected chi connectivity index (χ3v) is 2.84. The minimum absolute atomic E-state index is 0.0904. The molecule has 0 saturated carbocycles. The molecule has 0 N–H and O–H groups in total. The van der Waals surface area contributed by atoms with Crippen molar-refractivity contribution in [2.75, 3.05) is 11.4 Å². The van der Waals surface area contributed by atoms with Crippen LogP contribution in [0.4, 0.5) is 5.69 Å². The number of aromatic nitrogens is 3. The first-order chi connectivity index (χ1) is 8.81. The molecule has 2 aromatic rings. The minimum atomic E-state index is -0.0904. The lowest BCUT2D eigenvalue weighted by Gasteiger charge is -2.12. The van der Waals surface area contributed by atoms with Crippen LogP contribution in [0.5, 0.6) is 0 Å². The molecule has 0 radical (unpaired) electrons. The quantitative estimate of drug-likeness (QED) is 0.784. The van der Waals surface area contributed by atoms with E-state index in [2.05, 4.69) is 15.3 Å². The van der Waals surface area contributed by atoms with Crippen molar-refractivity contribution in [1.29, 1.82) is 0 Å². The van der Waals surface area contributed by atoms with Gasteiger partial charge in [-0.3, -0.25) is 4.79 Å². The van der Waals surface area contributed by atoms with E-state index < -0.39 is 0 Å². The summed E-state index contributed by atoms with van der Waals surface area (Å²) in [4.78, 5) is 14.0. The highest BCUT2D eigenvalue weighted by Crippen LogP contribution is 2.28. The van der Waals surface area contributed by atoms with Gasteiger partial charge in [-0.15, -0.1) is 10.2 Å². The monoisotopic (exact) mass is 241 g/mol. The van der Waals surface area contributed by atoms with Crippen LogP contribution in [0.25, 0.3) is 0 Å². The number of hydrogen-bond donors (Lipinski definition) is 0. The Bertz CT molecular complexity index is 617. The first kappa shape index (κ1) is 10.6. The van der Waals surface area contributed by atoms with E-state index in [1.807, 2.05) is 31.2 Å². The third-order valence-electron chi connectivity index (χ3n) is 2.84. The van der Waals surface area contributed by atoms with Gasteiger partial charge < -0.3 is 4.90 Å². The summed E-state index contributed by atoms with van der Waals surface area (Å²) in [7, 11) is 0. The van der Waals surface area contributed by atoms with Crippen LogP contribution in [0.1, 0.15) is 12.5 Å². The van der Waals surface area contributed by atoms with Crippen molar-refractivity contribution in [1.82, 2.24) is 14.9 Å². The molecule has 90 valence electrons. The summed E-state index contributed by atoms with van der Waals surface area (Å²) in [5.41, 5.74) is 2.17.